The summed E-state index contributed by atoms with van der Waals surface area (Å²) in [6.07, 6.45) is 6.56. The summed E-state index contributed by atoms with van der Waals surface area (Å²) in [5.74, 6) is -2.06. The lowest BCUT2D eigenvalue weighted by molar-refractivity contribution is -0.141. The van der Waals surface area contributed by atoms with E-state index in [2.05, 4.69) is 35.9 Å². The molecule has 3 N–H and O–H groups in total. The minimum Gasteiger partial charge on any atom is -0.480 e. The zero-order valence-corrected chi connectivity index (χ0v) is 23.8. The molecule has 1 aliphatic carbocycles. The number of aromatic nitrogens is 2. The van der Waals surface area contributed by atoms with Gasteiger partial charge in [0.25, 0.3) is 5.91 Å². The highest BCUT2D eigenvalue weighted by atomic mass is 79.9. The summed E-state index contributed by atoms with van der Waals surface area (Å²) >= 11 is 22.2. The highest BCUT2D eigenvalue weighted by molar-refractivity contribution is 9.10. The van der Waals surface area contributed by atoms with Crippen LogP contribution in [-0.4, -0.2) is 51.8 Å². The van der Waals surface area contributed by atoms with Crippen LogP contribution < -0.4 is 10.0 Å². The Kier molecular flexibility index (Phi) is 8.46. The Bertz CT molecular complexity index is 1600. The number of alkyl halides is 2. The molecule has 9 nitrogen and oxygen atoms in total. The molecular weight excluding hydrogens is 643 g/mol. The number of sulfonamides is 1. The third kappa shape index (κ3) is 6.19. The molecule has 2 unspecified atom stereocenters. The van der Waals surface area contributed by atoms with E-state index < -0.39 is 38.3 Å². The molecule has 198 valence electrons. The van der Waals surface area contributed by atoms with E-state index in [0.717, 1.165) is 6.08 Å². The molecule has 0 fully saturated rings. The largest absolute Gasteiger partial charge is 0.480 e. The molecule has 0 aliphatic heterocycles. The Morgan fingerprint density at radius 3 is 2.63 bits per heavy atom. The van der Waals surface area contributed by atoms with Crippen LogP contribution >= 0.6 is 50.7 Å². The van der Waals surface area contributed by atoms with Gasteiger partial charge >= 0.3 is 5.97 Å². The van der Waals surface area contributed by atoms with Crippen molar-refractivity contribution in [1.82, 2.24) is 20.0 Å². The minimum atomic E-state index is -4.30. The van der Waals surface area contributed by atoms with Gasteiger partial charge in [-0.3, -0.25) is 14.8 Å². The molecule has 1 aliphatic rings. The summed E-state index contributed by atoms with van der Waals surface area (Å²) in [4.78, 5) is 30.9. The number of hydrogen-bond acceptors (Lipinski definition) is 6. The Morgan fingerprint density at radius 2 is 1.92 bits per heavy atom. The predicted octanol–water partition coefficient (Wildman–Crippen LogP) is 4.17. The standard InChI is InChI=1S/C24H18BrCl3N4O5S/c25-15-10-13(4-6-16(15)26)11-18(23(34)35)31-22(33)14-5-7-20(27)24(28,12-14)32-38(36,37)19-3-1-2-17-21(19)30-9-8-29-17/h1-10,12,18,20,32H,11H2,(H,31,33)(H,34,35)/t18-,20?,24?/m0/s1. The van der Waals surface area contributed by atoms with E-state index in [9.17, 15) is 23.1 Å². The van der Waals surface area contributed by atoms with Crippen LogP contribution in [0.25, 0.3) is 11.0 Å². The van der Waals surface area contributed by atoms with E-state index in [1.165, 1.54) is 36.7 Å². The molecule has 4 rings (SSSR count). The molecule has 0 bridgehead atoms. The maximum atomic E-state index is 13.3. The lowest BCUT2D eigenvalue weighted by atomic mass is 10.0. The van der Waals surface area contributed by atoms with Crippen molar-refractivity contribution in [3.63, 3.8) is 0 Å². The number of hydrogen-bond donors (Lipinski definition) is 3. The molecular formula is C24H18BrCl3N4O5S. The molecule has 3 atom stereocenters. The molecule has 3 aromatic rings. The van der Waals surface area contributed by atoms with Crippen molar-refractivity contribution < 1.29 is 23.1 Å². The van der Waals surface area contributed by atoms with Crippen LogP contribution in [0.5, 0.6) is 0 Å². The number of fused-ring (bicyclic) bond motifs is 1. The van der Waals surface area contributed by atoms with E-state index in [1.807, 2.05) is 0 Å². The first kappa shape index (κ1) is 28.5. The molecule has 0 radical (unpaired) electrons. The van der Waals surface area contributed by atoms with Gasteiger partial charge in [-0.25, -0.2) is 13.2 Å². The Morgan fingerprint density at radius 1 is 1.18 bits per heavy atom. The van der Waals surface area contributed by atoms with Crippen LogP contribution in [0.2, 0.25) is 5.02 Å². The van der Waals surface area contributed by atoms with Crippen molar-refractivity contribution in [2.75, 3.05) is 0 Å². The van der Waals surface area contributed by atoms with Gasteiger partial charge in [0.15, 0.2) is 0 Å². The number of amides is 1. The fraction of sp³-hybridized carbons (Fsp3) is 0.167. The fourth-order valence-corrected chi connectivity index (χ4v) is 6.37. The lowest BCUT2D eigenvalue weighted by Crippen LogP contribution is -2.50. The summed E-state index contributed by atoms with van der Waals surface area (Å²) in [6, 6.07) is 8.05. The highest BCUT2D eigenvalue weighted by Gasteiger charge is 2.41. The molecule has 1 heterocycles. The normalized spacial score (nSPS) is 20.1. The van der Waals surface area contributed by atoms with Gasteiger partial charge in [-0.05, 0) is 51.8 Å². The van der Waals surface area contributed by atoms with Crippen molar-refractivity contribution >= 4 is 83.7 Å². The molecule has 1 amide bonds. The van der Waals surface area contributed by atoms with Gasteiger partial charge in [-0.1, -0.05) is 47.5 Å². The van der Waals surface area contributed by atoms with E-state index in [1.54, 1.807) is 24.3 Å². The topological polar surface area (TPSA) is 138 Å². The van der Waals surface area contributed by atoms with Crippen molar-refractivity contribution in [3.05, 3.63) is 87.7 Å². The predicted molar refractivity (Wildman–Crippen MR) is 148 cm³/mol. The maximum absolute atomic E-state index is 13.3. The van der Waals surface area contributed by atoms with E-state index >= 15 is 0 Å². The Hall–Kier alpha value is -2.54. The van der Waals surface area contributed by atoms with Crippen molar-refractivity contribution in [3.8, 4) is 0 Å². The third-order valence-electron chi connectivity index (χ3n) is 5.54. The lowest BCUT2D eigenvalue weighted by Gasteiger charge is -2.31. The third-order valence-corrected chi connectivity index (χ3v) is 9.42. The first-order valence-corrected chi connectivity index (χ1v) is 14.3. The second-order valence-electron chi connectivity index (χ2n) is 8.23. The van der Waals surface area contributed by atoms with Gasteiger partial charge in [0.1, 0.15) is 21.5 Å². The number of carboxylic acids is 1. The molecule has 0 spiro atoms. The number of nitrogens with zero attached hydrogens (tertiary/aromatic N) is 2. The molecule has 2 aromatic carbocycles. The van der Waals surface area contributed by atoms with Crippen LogP contribution in [0, 0.1) is 0 Å². The van der Waals surface area contributed by atoms with E-state index in [4.69, 9.17) is 34.8 Å². The number of nitrogens with one attached hydrogen (secondary N) is 2. The molecule has 38 heavy (non-hydrogen) atoms. The smallest absolute Gasteiger partial charge is 0.326 e. The SMILES string of the molecule is O=C(N[C@@H](Cc1ccc(Cl)c(Br)c1)C(=O)O)C1=CC(Cl)(NS(=O)(=O)c2cccc3nccnc23)C(Cl)C=C1. The van der Waals surface area contributed by atoms with Gasteiger partial charge in [-0.15, -0.1) is 11.6 Å². The van der Waals surface area contributed by atoms with Crippen LogP contribution in [0.1, 0.15) is 5.56 Å². The monoisotopic (exact) mass is 658 g/mol. The quantitative estimate of drug-likeness (QED) is 0.244. The summed E-state index contributed by atoms with van der Waals surface area (Å²) in [5, 5.41) is 11.5. The Balaban J connectivity index is 1.58. The molecule has 1 aromatic heterocycles. The number of carbonyl (C=O) groups is 2. The second-order valence-corrected chi connectivity index (χ2v) is 12.2. The highest BCUT2D eigenvalue weighted by Crippen LogP contribution is 2.33. The van der Waals surface area contributed by atoms with E-state index in [0.29, 0.717) is 20.6 Å². The number of para-hydroxylation sites is 1. The van der Waals surface area contributed by atoms with Gasteiger partial charge < -0.3 is 10.4 Å². The van der Waals surface area contributed by atoms with Gasteiger partial charge in [0.2, 0.25) is 10.0 Å². The number of carbonyl (C=O) groups excluding carboxylic acids is 1. The molecule has 0 saturated carbocycles. The average molecular weight is 661 g/mol. The summed E-state index contributed by atoms with van der Waals surface area (Å²) < 4.78 is 29.5. The van der Waals surface area contributed by atoms with Gasteiger partial charge in [0, 0.05) is 28.9 Å². The van der Waals surface area contributed by atoms with E-state index in [-0.39, 0.29) is 22.4 Å². The van der Waals surface area contributed by atoms with Crippen LogP contribution in [-0.2, 0) is 26.0 Å². The first-order chi connectivity index (χ1) is 17.9. The van der Waals surface area contributed by atoms with Crippen LogP contribution in [0.15, 0.2) is 82.0 Å². The second kappa shape index (κ2) is 11.3. The number of aliphatic carboxylic acids is 1. The zero-order chi connectivity index (χ0) is 27.7. The molecule has 0 saturated heterocycles. The Labute approximate surface area is 241 Å². The van der Waals surface area contributed by atoms with Crippen LogP contribution in [0.4, 0.5) is 0 Å². The average Bonchev–Trinajstić information content (AvgIpc) is 2.86. The number of halogens is 4. The zero-order valence-electron chi connectivity index (χ0n) is 19.1. The number of benzene rings is 2. The summed E-state index contributed by atoms with van der Waals surface area (Å²) in [7, 11) is -4.30. The maximum Gasteiger partial charge on any atom is 0.326 e. The minimum absolute atomic E-state index is 0.0350. The van der Waals surface area contributed by atoms with Crippen molar-refractivity contribution in [2.45, 2.75) is 27.7 Å². The summed E-state index contributed by atoms with van der Waals surface area (Å²) in [5.41, 5.74) is 1.01. The summed E-state index contributed by atoms with van der Waals surface area (Å²) in [6.45, 7) is 0. The first-order valence-electron chi connectivity index (χ1n) is 10.8. The van der Waals surface area contributed by atoms with Crippen molar-refractivity contribution in [2.24, 2.45) is 0 Å². The van der Waals surface area contributed by atoms with Gasteiger partial charge in [0.05, 0.1) is 15.9 Å². The number of rotatable bonds is 8. The van der Waals surface area contributed by atoms with Gasteiger partial charge in [-0.2, -0.15) is 4.72 Å². The molecule has 14 heteroatoms. The van der Waals surface area contributed by atoms with Crippen molar-refractivity contribution in [1.29, 1.82) is 0 Å². The fourth-order valence-electron chi connectivity index (χ4n) is 3.70. The number of carboxylic acid groups (broad SMARTS) is 1. The van der Waals surface area contributed by atoms with Crippen LogP contribution in [0.3, 0.4) is 0 Å².